The number of amides is 2. The van der Waals surface area contributed by atoms with E-state index in [9.17, 15) is 4.79 Å². The number of rotatable bonds is 5. The van der Waals surface area contributed by atoms with Gasteiger partial charge in [-0.15, -0.1) is 0 Å². The fraction of sp³-hybridized carbons (Fsp3) is 0.294. The second-order valence-electron chi connectivity index (χ2n) is 5.48. The number of aromatic nitrogens is 1. The molecule has 1 aliphatic rings. The summed E-state index contributed by atoms with van der Waals surface area (Å²) in [6, 6.07) is 11.5. The zero-order valence-corrected chi connectivity index (χ0v) is 12.5. The van der Waals surface area contributed by atoms with Gasteiger partial charge in [0.05, 0.1) is 12.6 Å². The van der Waals surface area contributed by atoms with E-state index in [4.69, 9.17) is 4.74 Å². The highest BCUT2D eigenvalue weighted by molar-refractivity contribution is 5.75. The molecule has 22 heavy (non-hydrogen) atoms. The highest BCUT2D eigenvalue weighted by Crippen LogP contribution is 2.45. The van der Waals surface area contributed by atoms with E-state index in [-0.39, 0.29) is 11.6 Å². The van der Waals surface area contributed by atoms with Gasteiger partial charge in [-0.2, -0.15) is 0 Å². The summed E-state index contributed by atoms with van der Waals surface area (Å²) in [5.41, 5.74) is 1.86. The first-order valence-electron chi connectivity index (χ1n) is 7.31. The van der Waals surface area contributed by atoms with Crippen LogP contribution in [0.15, 0.2) is 48.8 Å². The molecule has 3 rings (SSSR count). The molecule has 0 saturated heterocycles. The zero-order chi connectivity index (χ0) is 15.4. The molecule has 5 nitrogen and oxygen atoms in total. The SMILES string of the molecule is COc1ccc(C2(NC(=O)NCc3cccnc3)CC2)cc1. The lowest BCUT2D eigenvalue weighted by Gasteiger charge is -2.18. The van der Waals surface area contributed by atoms with Crippen LogP contribution in [0.5, 0.6) is 5.75 Å². The third-order valence-electron chi connectivity index (χ3n) is 3.92. The van der Waals surface area contributed by atoms with Crippen molar-refractivity contribution in [3.05, 3.63) is 59.9 Å². The molecule has 1 aromatic heterocycles. The average molecular weight is 297 g/mol. The molecular formula is C17H19N3O2. The summed E-state index contributed by atoms with van der Waals surface area (Å²) in [6.07, 6.45) is 5.38. The molecular weight excluding hydrogens is 278 g/mol. The van der Waals surface area contributed by atoms with Gasteiger partial charge in [-0.3, -0.25) is 4.98 Å². The maximum atomic E-state index is 12.1. The number of carbonyl (C=O) groups excluding carboxylic acids is 1. The molecule has 2 amide bonds. The second kappa shape index (κ2) is 6.05. The fourth-order valence-corrected chi connectivity index (χ4v) is 2.47. The highest BCUT2D eigenvalue weighted by Gasteiger charge is 2.45. The minimum atomic E-state index is -0.231. The van der Waals surface area contributed by atoms with E-state index in [1.54, 1.807) is 19.5 Å². The first-order chi connectivity index (χ1) is 10.7. The van der Waals surface area contributed by atoms with Crippen LogP contribution < -0.4 is 15.4 Å². The Morgan fingerprint density at radius 1 is 1.27 bits per heavy atom. The molecule has 114 valence electrons. The van der Waals surface area contributed by atoms with Gasteiger partial charge in [0.25, 0.3) is 0 Å². The number of benzene rings is 1. The maximum Gasteiger partial charge on any atom is 0.315 e. The molecule has 1 saturated carbocycles. The standard InChI is InChI=1S/C17H19N3O2/c1-22-15-6-4-14(5-7-15)17(8-9-17)20-16(21)19-12-13-3-2-10-18-11-13/h2-7,10-11H,8-9,12H2,1H3,(H2,19,20,21). The van der Waals surface area contributed by atoms with Gasteiger partial charge < -0.3 is 15.4 Å². The Balaban J connectivity index is 1.58. The number of carbonyl (C=O) groups is 1. The minimum Gasteiger partial charge on any atom is -0.497 e. The second-order valence-corrected chi connectivity index (χ2v) is 5.48. The van der Waals surface area contributed by atoms with E-state index in [0.29, 0.717) is 6.54 Å². The first-order valence-corrected chi connectivity index (χ1v) is 7.31. The van der Waals surface area contributed by atoms with Gasteiger partial charge in [0.15, 0.2) is 0 Å². The molecule has 0 aliphatic heterocycles. The smallest absolute Gasteiger partial charge is 0.315 e. The maximum absolute atomic E-state index is 12.1. The predicted octanol–water partition coefficient (Wildman–Crippen LogP) is 2.58. The van der Waals surface area contributed by atoms with E-state index in [1.165, 1.54) is 0 Å². The van der Waals surface area contributed by atoms with Crippen molar-refractivity contribution < 1.29 is 9.53 Å². The Morgan fingerprint density at radius 2 is 2.05 bits per heavy atom. The van der Waals surface area contributed by atoms with Crippen LogP contribution in [0.2, 0.25) is 0 Å². The van der Waals surface area contributed by atoms with Crippen molar-refractivity contribution in [3.63, 3.8) is 0 Å². The van der Waals surface area contributed by atoms with Crippen LogP contribution in [0.25, 0.3) is 0 Å². The van der Waals surface area contributed by atoms with Crippen LogP contribution in [0.3, 0.4) is 0 Å². The van der Waals surface area contributed by atoms with Gasteiger partial charge in [0.1, 0.15) is 5.75 Å². The fourth-order valence-electron chi connectivity index (χ4n) is 2.47. The summed E-state index contributed by atoms with van der Waals surface area (Å²) in [5, 5.41) is 5.95. The van der Waals surface area contributed by atoms with E-state index in [1.807, 2.05) is 36.4 Å². The number of ether oxygens (including phenoxy) is 1. The van der Waals surface area contributed by atoms with Crippen molar-refractivity contribution in [2.24, 2.45) is 0 Å². The number of nitrogens with one attached hydrogen (secondary N) is 2. The third-order valence-corrected chi connectivity index (χ3v) is 3.92. The zero-order valence-electron chi connectivity index (χ0n) is 12.5. The van der Waals surface area contributed by atoms with Crippen LogP contribution in [-0.2, 0) is 12.1 Å². The van der Waals surface area contributed by atoms with Gasteiger partial charge >= 0.3 is 6.03 Å². The van der Waals surface area contributed by atoms with Gasteiger partial charge in [-0.1, -0.05) is 18.2 Å². The predicted molar refractivity (Wildman–Crippen MR) is 83.5 cm³/mol. The van der Waals surface area contributed by atoms with Crippen molar-refractivity contribution in [2.45, 2.75) is 24.9 Å². The van der Waals surface area contributed by atoms with Crippen LogP contribution in [0.4, 0.5) is 4.79 Å². The Morgan fingerprint density at radius 3 is 2.64 bits per heavy atom. The van der Waals surface area contributed by atoms with Gasteiger partial charge in [-0.25, -0.2) is 4.79 Å². The molecule has 0 atom stereocenters. The third kappa shape index (κ3) is 3.19. The van der Waals surface area contributed by atoms with Gasteiger partial charge in [-0.05, 0) is 42.2 Å². The van der Waals surface area contributed by atoms with Crippen molar-refractivity contribution in [1.82, 2.24) is 15.6 Å². The molecule has 0 unspecified atom stereocenters. The lowest BCUT2D eigenvalue weighted by atomic mass is 10.1. The van der Waals surface area contributed by atoms with E-state index in [2.05, 4.69) is 15.6 Å². The monoisotopic (exact) mass is 297 g/mol. The molecule has 0 radical (unpaired) electrons. The Kier molecular flexibility index (Phi) is 3.96. The Labute approximate surface area is 129 Å². The summed E-state index contributed by atoms with van der Waals surface area (Å²) in [5.74, 6) is 0.820. The van der Waals surface area contributed by atoms with Crippen LogP contribution >= 0.6 is 0 Å². The van der Waals surface area contributed by atoms with Crippen LogP contribution in [-0.4, -0.2) is 18.1 Å². The van der Waals surface area contributed by atoms with Crippen LogP contribution in [0, 0.1) is 0 Å². The van der Waals surface area contributed by atoms with E-state index >= 15 is 0 Å². The number of nitrogens with zero attached hydrogens (tertiary/aromatic N) is 1. The van der Waals surface area contributed by atoms with Crippen molar-refractivity contribution in [3.8, 4) is 5.75 Å². The topological polar surface area (TPSA) is 63.2 Å². The molecule has 0 spiro atoms. The van der Waals surface area contributed by atoms with E-state index < -0.39 is 0 Å². The molecule has 0 bridgehead atoms. The largest absolute Gasteiger partial charge is 0.497 e. The molecule has 5 heteroatoms. The minimum absolute atomic E-state index is 0.155. The van der Waals surface area contributed by atoms with Crippen molar-refractivity contribution in [2.75, 3.05) is 7.11 Å². The average Bonchev–Trinajstić information content (AvgIpc) is 3.35. The van der Waals surface area contributed by atoms with Gasteiger partial charge in [0.2, 0.25) is 0 Å². The van der Waals surface area contributed by atoms with Crippen molar-refractivity contribution >= 4 is 6.03 Å². The normalized spacial score (nSPS) is 15.0. The molecule has 1 heterocycles. The Bertz CT molecular complexity index is 637. The highest BCUT2D eigenvalue weighted by atomic mass is 16.5. The van der Waals surface area contributed by atoms with Gasteiger partial charge in [0, 0.05) is 18.9 Å². The molecule has 2 aromatic rings. The molecule has 2 N–H and O–H groups in total. The number of hydrogen-bond donors (Lipinski definition) is 2. The number of urea groups is 1. The summed E-state index contributed by atoms with van der Waals surface area (Å²) in [7, 11) is 1.64. The number of methoxy groups -OCH3 is 1. The molecule has 1 aliphatic carbocycles. The summed E-state index contributed by atoms with van der Waals surface area (Å²) >= 11 is 0. The van der Waals surface area contributed by atoms with Crippen molar-refractivity contribution in [1.29, 1.82) is 0 Å². The molecule has 1 aromatic carbocycles. The number of hydrogen-bond acceptors (Lipinski definition) is 3. The first kappa shape index (κ1) is 14.4. The number of pyridine rings is 1. The quantitative estimate of drug-likeness (QED) is 0.891. The summed E-state index contributed by atoms with van der Waals surface area (Å²) < 4.78 is 5.17. The Hall–Kier alpha value is -2.56. The lowest BCUT2D eigenvalue weighted by Crippen LogP contribution is -2.41. The summed E-state index contributed by atoms with van der Waals surface area (Å²) in [6.45, 7) is 0.471. The lowest BCUT2D eigenvalue weighted by molar-refractivity contribution is 0.235. The summed E-state index contributed by atoms with van der Waals surface area (Å²) in [4.78, 5) is 16.1. The molecule has 1 fully saturated rings. The van der Waals surface area contributed by atoms with Crippen LogP contribution in [0.1, 0.15) is 24.0 Å². The van der Waals surface area contributed by atoms with E-state index in [0.717, 1.165) is 29.7 Å².